The number of hydrogen-bond acceptors (Lipinski definition) is 4. The lowest BCUT2D eigenvalue weighted by atomic mass is 10.1. The van der Waals surface area contributed by atoms with Crippen LogP contribution in [-0.2, 0) is 22.7 Å². The number of rotatable bonds is 8. The lowest BCUT2D eigenvalue weighted by molar-refractivity contribution is -0.120. The quantitative estimate of drug-likeness (QED) is 0.234. The van der Waals surface area contributed by atoms with Crippen molar-refractivity contribution >= 4 is 52.3 Å². The summed E-state index contributed by atoms with van der Waals surface area (Å²) in [5.41, 5.74) is 3.95. The molecule has 0 bridgehead atoms. The molecule has 3 amide bonds. The van der Waals surface area contributed by atoms with Gasteiger partial charge in [-0.15, -0.1) is 0 Å². The molecule has 4 aromatic carbocycles. The molecule has 0 radical (unpaired) electrons. The first-order valence-electron chi connectivity index (χ1n) is 12.6. The largest absolute Gasteiger partial charge is 0.350 e. The van der Waals surface area contributed by atoms with Crippen molar-refractivity contribution in [3.05, 3.63) is 141 Å². The smallest absolute Gasteiger partial charge is 0.283 e. The third kappa shape index (κ3) is 5.78. The Bertz CT molecular complexity index is 1580. The number of nitrogens with zero attached hydrogens (tertiary/aromatic N) is 2. The van der Waals surface area contributed by atoms with E-state index >= 15 is 0 Å². The second kappa shape index (κ2) is 11.8. The van der Waals surface area contributed by atoms with E-state index < -0.39 is 11.8 Å². The Hall–Kier alpha value is -4.39. The Morgan fingerprint density at radius 2 is 1.40 bits per heavy atom. The number of nitrogens with one attached hydrogen (secondary N) is 1. The van der Waals surface area contributed by atoms with E-state index in [2.05, 4.69) is 5.32 Å². The Morgan fingerprint density at radius 3 is 2.00 bits per heavy atom. The molecular weight excluding hydrogens is 545 g/mol. The van der Waals surface area contributed by atoms with E-state index in [1.54, 1.807) is 47.4 Å². The molecule has 0 atom stereocenters. The highest BCUT2D eigenvalue weighted by atomic mass is 35.5. The highest BCUT2D eigenvalue weighted by Gasteiger charge is 2.39. The van der Waals surface area contributed by atoms with Crippen LogP contribution in [0.15, 0.2) is 114 Å². The molecule has 1 heterocycles. The van der Waals surface area contributed by atoms with E-state index in [9.17, 15) is 14.4 Å². The van der Waals surface area contributed by atoms with Gasteiger partial charge in [-0.05, 0) is 53.9 Å². The van der Waals surface area contributed by atoms with E-state index in [1.807, 2.05) is 67.6 Å². The van der Waals surface area contributed by atoms with Gasteiger partial charge < -0.3 is 10.2 Å². The van der Waals surface area contributed by atoms with Crippen LogP contribution in [0.25, 0.3) is 0 Å². The van der Waals surface area contributed by atoms with Crippen LogP contribution in [-0.4, -0.2) is 22.6 Å². The Labute approximate surface area is 242 Å². The molecule has 1 N–H and O–H groups in total. The standard InChI is InChI=1S/C32H25Cl2N3O3/c1-21-15-16-26(18-27(21)33)37-31(39)28(34)29(32(37)40)35-25-14-8-13-24(17-25)30(38)36(19-22-9-4-2-5-10-22)20-23-11-6-3-7-12-23/h2-18,35H,19-20H2,1H3. The summed E-state index contributed by atoms with van der Waals surface area (Å²) in [7, 11) is 0. The summed E-state index contributed by atoms with van der Waals surface area (Å²) in [5, 5.41) is 3.15. The molecule has 4 aromatic rings. The van der Waals surface area contributed by atoms with Crippen LogP contribution in [0, 0.1) is 6.92 Å². The molecule has 0 fully saturated rings. The van der Waals surface area contributed by atoms with Crippen LogP contribution in [0.5, 0.6) is 0 Å². The fourth-order valence-electron chi connectivity index (χ4n) is 4.43. The zero-order valence-corrected chi connectivity index (χ0v) is 23.1. The molecule has 1 aliphatic heterocycles. The third-order valence-corrected chi connectivity index (χ3v) is 7.30. The van der Waals surface area contributed by atoms with Gasteiger partial charge in [-0.3, -0.25) is 14.4 Å². The van der Waals surface area contributed by atoms with Crippen molar-refractivity contribution in [1.82, 2.24) is 4.90 Å². The average molecular weight is 570 g/mol. The van der Waals surface area contributed by atoms with Crippen molar-refractivity contribution in [2.45, 2.75) is 20.0 Å². The minimum atomic E-state index is -0.654. The number of anilines is 2. The van der Waals surface area contributed by atoms with E-state index in [0.29, 0.717) is 35.1 Å². The van der Waals surface area contributed by atoms with Crippen molar-refractivity contribution in [3.8, 4) is 0 Å². The zero-order valence-electron chi connectivity index (χ0n) is 21.6. The van der Waals surface area contributed by atoms with Gasteiger partial charge in [0, 0.05) is 29.4 Å². The number of carbonyl (C=O) groups is 3. The lowest BCUT2D eigenvalue weighted by Crippen LogP contribution is -2.32. The maximum atomic E-state index is 13.7. The van der Waals surface area contributed by atoms with Gasteiger partial charge in [0.05, 0.1) is 5.69 Å². The van der Waals surface area contributed by atoms with Gasteiger partial charge in [0.15, 0.2) is 0 Å². The molecule has 8 heteroatoms. The Balaban J connectivity index is 1.39. The van der Waals surface area contributed by atoms with Crippen molar-refractivity contribution < 1.29 is 14.4 Å². The van der Waals surface area contributed by atoms with Crippen LogP contribution in [0.4, 0.5) is 11.4 Å². The van der Waals surface area contributed by atoms with Gasteiger partial charge >= 0.3 is 0 Å². The molecule has 6 nitrogen and oxygen atoms in total. The fraction of sp³-hybridized carbons (Fsp3) is 0.0938. The third-order valence-electron chi connectivity index (χ3n) is 6.54. The minimum Gasteiger partial charge on any atom is -0.350 e. The molecule has 0 aromatic heterocycles. The van der Waals surface area contributed by atoms with E-state index in [-0.39, 0.29) is 16.6 Å². The summed E-state index contributed by atoms with van der Waals surface area (Å²) >= 11 is 12.5. The highest BCUT2D eigenvalue weighted by Crippen LogP contribution is 2.32. The summed E-state index contributed by atoms with van der Waals surface area (Å²) in [4.78, 5) is 42.6. The predicted molar refractivity (Wildman–Crippen MR) is 158 cm³/mol. The predicted octanol–water partition coefficient (Wildman–Crippen LogP) is 6.93. The zero-order chi connectivity index (χ0) is 28.2. The summed E-state index contributed by atoms with van der Waals surface area (Å²) in [6, 6.07) is 31.2. The molecule has 0 spiro atoms. The van der Waals surface area contributed by atoms with Gasteiger partial charge in [-0.1, -0.05) is 96.0 Å². The number of halogens is 2. The molecule has 0 unspecified atom stereocenters. The van der Waals surface area contributed by atoms with Crippen LogP contribution in [0.2, 0.25) is 5.02 Å². The lowest BCUT2D eigenvalue weighted by Gasteiger charge is -2.23. The molecule has 40 heavy (non-hydrogen) atoms. The van der Waals surface area contributed by atoms with Gasteiger partial charge in [-0.2, -0.15) is 0 Å². The van der Waals surface area contributed by atoms with Crippen LogP contribution < -0.4 is 10.2 Å². The topological polar surface area (TPSA) is 69.7 Å². The van der Waals surface area contributed by atoms with Gasteiger partial charge in [0.25, 0.3) is 17.7 Å². The Kier molecular flexibility index (Phi) is 8.01. The fourth-order valence-corrected chi connectivity index (χ4v) is 4.82. The molecule has 0 saturated heterocycles. The Morgan fingerprint density at radius 1 is 0.775 bits per heavy atom. The molecule has 200 valence electrons. The molecular formula is C32H25Cl2N3O3. The number of aryl methyl sites for hydroxylation is 1. The monoisotopic (exact) mass is 569 g/mol. The molecule has 0 aliphatic carbocycles. The molecule has 0 saturated carbocycles. The second-order valence-electron chi connectivity index (χ2n) is 9.41. The first-order chi connectivity index (χ1) is 19.3. The maximum Gasteiger partial charge on any atom is 0.283 e. The summed E-state index contributed by atoms with van der Waals surface area (Å²) in [5.74, 6) is -1.44. The normalized spacial score (nSPS) is 13.1. The van der Waals surface area contributed by atoms with Crippen LogP contribution in [0.1, 0.15) is 27.0 Å². The maximum absolute atomic E-state index is 13.7. The molecule has 1 aliphatic rings. The first kappa shape index (κ1) is 27.2. The first-order valence-corrected chi connectivity index (χ1v) is 13.4. The van der Waals surface area contributed by atoms with E-state index in [0.717, 1.165) is 21.6 Å². The van der Waals surface area contributed by atoms with Gasteiger partial charge in [-0.25, -0.2) is 4.90 Å². The molecule has 5 rings (SSSR count). The number of benzene rings is 4. The van der Waals surface area contributed by atoms with Gasteiger partial charge in [0.1, 0.15) is 10.7 Å². The minimum absolute atomic E-state index is 0.0709. The SMILES string of the molecule is Cc1ccc(N2C(=O)C(Cl)=C(Nc3cccc(C(=O)N(Cc4ccccc4)Cc4ccccc4)c3)C2=O)cc1Cl. The summed E-state index contributed by atoms with van der Waals surface area (Å²) in [6.07, 6.45) is 0. The highest BCUT2D eigenvalue weighted by molar-refractivity contribution is 6.53. The van der Waals surface area contributed by atoms with Crippen molar-refractivity contribution in [2.24, 2.45) is 0 Å². The van der Waals surface area contributed by atoms with E-state index in [1.165, 1.54) is 0 Å². The number of amides is 3. The van der Waals surface area contributed by atoms with Gasteiger partial charge in [0.2, 0.25) is 0 Å². The number of imide groups is 1. The average Bonchev–Trinajstić information content (AvgIpc) is 3.18. The summed E-state index contributed by atoms with van der Waals surface area (Å²) in [6.45, 7) is 2.67. The van der Waals surface area contributed by atoms with Crippen molar-refractivity contribution in [1.29, 1.82) is 0 Å². The number of hydrogen-bond donors (Lipinski definition) is 1. The summed E-state index contributed by atoms with van der Waals surface area (Å²) < 4.78 is 0. The van der Waals surface area contributed by atoms with Crippen LogP contribution >= 0.6 is 23.2 Å². The van der Waals surface area contributed by atoms with Crippen LogP contribution in [0.3, 0.4) is 0 Å². The van der Waals surface area contributed by atoms with E-state index in [4.69, 9.17) is 23.2 Å². The van der Waals surface area contributed by atoms with Crippen molar-refractivity contribution in [3.63, 3.8) is 0 Å². The van der Waals surface area contributed by atoms with Crippen molar-refractivity contribution in [2.75, 3.05) is 10.2 Å². The second-order valence-corrected chi connectivity index (χ2v) is 10.2. The number of carbonyl (C=O) groups excluding carboxylic acids is 3.